The summed E-state index contributed by atoms with van der Waals surface area (Å²) in [5.41, 5.74) is 7.68. The summed E-state index contributed by atoms with van der Waals surface area (Å²) in [6, 6.07) is 1.62. The zero-order valence-electron chi connectivity index (χ0n) is 9.84. The molecule has 0 fully saturated rings. The van der Waals surface area contributed by atoms with Gasteiger partial charge in [0, 0.05) is 12.1 Å². The highest BCUT2D eigenvalue weighted by Gasteiger charge is 2.21. The van der Waals surface area contributed by atoms with Crippen molar-refractivity contribution in [3.05, 3.63) is 22.8 Å². The first-order valence-corrected chi connectivity index (χ1v) is 5.51. The van der Waals surface area contributed by atoms with E-state index in [9.17, 15) is 15.0 Å². The number of benzene rings is 1. The van der Waals surface area contributed by atoms with Crippen molar-refractivity contribution in [1.29, 1.82) is 0 Å². The third-order valence-corrected chi connectivity index (χ3v) is 2.73. The average Bonchev–Trinajstić information content (AvgIpc) is 2.73. The molecule has 1 atom stereocenters. The zero-order chi connectivity index (χ0) is 13.3. The summed E-state index contributed by atoms with van der Waals surface area (Å²) >= 11 is 0. The monoisotopic (exact) mass is 250 g/mol. The number of hydrogen-bond acceptors (Lipinski definition) is 5. The Morgan fingerprint density at radius 1 is 1.56 bits per heavy atom. The second kappa shape index (κ2) is 4.71. The first-order chi connectivity index (χ1) is 8.54. The maximum atomic E-state index is 11.4. The standard InChI is InChI=1S/C11H14N4O3/c1-5(16)2-6-3-8-10(14-15-13-8)7(4-12)9(6)11(17)18/h3,5,16H,2,4,12H2,1H3,(H,17,18)(H,13,14,15). The van der Waals surface area contributed by atoms with Gasteiger partial charge in [0.2, 0.25) is 0 Å². The fourth-order valence-electron chi connectivity index (χ4n) is 2.06. The predicted octanol–water partition coefficient (Wildman–Crippen LogP) is 0.0381. The molecule has 0 radical (unpaired) electrons. The van der Waals surface area contributed by atoms with Crippen molar-refractivity contribution < 1.29 is 15.0 Å². The summed E-state index contributed by atoms with van der Waals surface area (Å²) in [5, 5.41) is 29.0. The highest BCUT2D eigenvalue weighted by molar-refractivity contribution is 5.97. The smallest absolute Gasteiger partial charge is 0.336 e. The van der Waals surface area contributed by atoms with Crippen LogP contribution in [0.5, 0.6) is 0 Å². The average molecular weight is 250 g/mol. The van der Waals surface area contributed by atoms with Gasteiger partial charge in [0.15, 0.2) is 0 Å². The molecule has 7 nitrogen and oxygen atoms in total. The third kappa shape index (κ3) is 2.05. The SMILES string of the molecule is CC(O)Cc1cc2n[nH]nc2c(CN)c1C(=O)O. The molecule has 96 valence electrons. The fraction of sp³-hybridized carbons (Fsp3) is 0.364. The van der Waals surface area contributed by atoms with Crippen LogP contribution in [0.25, 0.3) is 11.0 Å². The molecular formula is C11H14N4O3. The molecular weight excluding hydrogens is 236 g/mol. The summed E-state index contributed by atoms with van der Waals surface area (Å²) in [4.78, 5) is 11.4. The van der Waals surface area contributed by atoms with Gasteiger partial charge in [0.1, 0.15) is 11.0 Å². The minimum atomic E-state index is -1.07. The molecule has 0 spiro atoms. The van der Waals surface area contributed by atoms with E-state index < -0.39 is 12.1 Å². The number of rotatable bonds is 4. The molecule has 1 aromatic carbocycles. The number of aromatic nitrogens is 3. The van der Waals surface area contributed by atoms with Crippen molar-refractivity contribution in [3.8, 4) is 0 Å². The normalized spacial score (nSPS) is 12.8. The van der Waals surface area contributed by atoms with E-state index >= 15 is 0 Å². The Morgan fingerprint density at radius 2 is 2.28 bits per heavy atom. The first kappa shape index (κ1) is 12.5. The number of carboxylic acids is 1. The van der Waals surface area contributed by atoms with Crippen LogP contribution in [-0.4, -0.2) is 37.7 Å². The number of nitrogens with one attached hydrogen (secondary N) is 1. The molecule has 0 bridgehead atoms. The van der Waals surface area contributed by atoms with Gasteiger partial charge in [0.05, 0.1) is 11.7 Å². The van der Waals surface area contributed by atoms with Gasteiger partial charge in [-0.2, -0.15) is 15.4 Å². The molecule has 2 aromatic rings. The molecule has 0 saturated heterocycles. The number of nitrogens with zero attached hydrogens (tertiary/aromatic N) is 2. The predicted molar refractivity (Wildman–Crippen MR) is 64.1 cm³/mol. The van der Waals surface area contributed by atoms with Gasteiger partial charge in [-0.25, -0.2) is 4.79 Å². The van der Waals surface area contributed by atoms with Gasteiger partial charge < -0.3 is 15.9 Å². The van der Waals surface area contributed by atoms with Gasteiger partial charge in [-0.05, 0) is 25.0 Å². The van der Waals surface area contributed by atoms with E-state index in [4.69, 9.17) is 5.73 Å². The van der Waals surface area contributed by atoms with E-state index in [1.165, 1.54) is 0 Å². The third-order valence-electron chi connectivity index (χ3n) is 2.73. The summed E-state index contributed by atoms with van der Waals surface area (Å²) in [6.45, 7) is 1.65. The Bertz CT molecular complexity index is 591. The van der Waals surface area contributed by atoms with Gasteiger partial charge in [0.25, 0.3) is 0 Å². The van der Waals surface area contributed by atoms with Gasteiger partial charge in [-0.1, -0.05) is 0 Å². The van der Waals surface area contributed by atoms with Crippen LogP contribution in [0.2, 0.25) is 0 Å². The minimum absolute atomic E-state index is 0.0539. The van der Waals surface area contributed by atoms with Crippen LogP contribution in [0.1, 0.15) is 28.4 Å². The molecule has 0 aliphatic rings. The van der Waals surface area contributed by atoms with E-state index in [0.717, 1.165) is 0 Å². The lowest BCUT2D eigenvalue weighted by Gasteiger charge is -2.12. The molecule has 5 N–H and O–H groups in total. The van der Waals surface area contributed by atoms with E-state index in [1.54, 1.807) is 13.0 Å². The number of carboxylic acid groups (broad SMARTS) is 1. The molecule has 18 heavy (non-hydrogen) atoms. The van der Waals surface area contributed by atoms with Crippen LogP contribution < -0.4 is 5.73 Å². The Hall–Kier alpha value is -1.99. The summed E-state index contributed by atoms with van der Waals surface area (Å²) in [5.74, 6) is -1.07. The van der Waals surface area contributed by atoms with Crippen LogP contribution in [0, 0.1) is 0 Å². The maximum Gasteiger partial charge on any atom is 0.336 e. The van der Waals surface area contributed by atoms with Gasteiger partial charge in [-0.15, -0.1) is 0 Å². The molecule has 0 amide bonds. The molecule has 0 saturated carbocycles. The lowest BCUT2D eigenvalue weighted by Crippen LogP contribution is -2.15. The van der Waals surface area contributed by atoms with Crippen LogP contribution in [0.3, 0.4) is 0 Å². The number of aliphatic hydroxyl groups excluding tert-OH is 1. The van der Waals surface area contributed by atoms with Crippen molar-refractivity contribution in [3.63, 3.8) is 0 Å². The van der Waals surface area contributed by atoms with Crippen LogP contribution in [0.4, 0.5) is 0 Å². The van der Waals surface area contributed by atoms with E-state index in [2.05, 4.69) is 15.4 Å². The molecule has 1 unspecified atom stereocenters. The van der Waals surface area contributed by atoms with Crippen molar-refractivity contribution in [1.82, 2.24) is 15.4 Å². The molecule has 2 rings (SSSR count). The van der Waals surface area contributed by atoms with Crippen molar-refractivity contribution in [2.75, 3.05) is 0 Å². The van der Waals surface area contributed by atoms with E-state index in [1.807, 2.05) is 0 Å². The number of H-pyrrole nitrogens is 1. The summed E-state index contributed by atoms with van der Waals surface area (Å²) in [7, 11) is 0. The lowest BCUT2D eigenvalue weighted by molar-refractivity contribution is 0.0694. The molecule has 7 heteroatoms. The minimum Gasteiger partial charge on any atom is -0.478 e. The van der Waals surface area contributed by atoms with E-state index in [-0.39, 0.29) is 18.5 Å². The largest absolute Gasteiger partial charge is 0.478 e. The van der Waals surface area contributed by atoms with Crippen LogP contribution >= 0.6 is 0 Å². The van der Waals surface area contributed by atoms with Crippen molar-refractivity contribution in [2.45, 2.75) is 26.0 Å². The summed E-state index contributed by atoms with van der Waals surface area (Å²) < 4.78 is 0. The van der Waals surface area contributed by atoms with Gasteiger partial charge >= 0.3 is 5.97 Å². The van der Waals surface area contributed by atoms with Crippen molar-refractivity contribution in [2.24, 2.45) is 5.73 Å². The summed E-state index contributed by atoms with van der Waals surface area (Å²) in [6.07, 6.45) is -0.407. The first-order valence-electron chi connectivity index (χ1n) is 5.51. The Balaban J connectivity index is 2.74. The molecule has 1 aromatic heterocycles. The number of aromatic amines is 1. The number of nitrogens with two attached hydrogens (primary N) is 1. The molecule has 1 heterocycles. The van der Waals surface area contributed by atoms with Crippen LogP contribution in [0.15, 0.2) is 6.07 Å². The van der Waals surface area contributed by atoms with Crippen LogP contribution in [-0.2, 0) is 13.0 Å². The quantitative estimate of drug-likeness (QED) is 0.607. The second-order valence-electron chi connectivity index (χ2n) is 4.14. The van der Waals surface area contributed by atoms with Crippen molar-refractivity contribution >= 4 is 17.0 Å². The maximum absolute atomic E-state index is 11.4. The Kier molecular flexibility index (Phi) is 3.26. The number of fused-ring (bicyclic) bond motifs is 1. The Morgan fingerprint density at radius 3 is 2.83 bits per heavy atom. The fourth-order valence-corrected chi connectivity index (χ4v) is 2.06. The molecule has 0 aliphatic carbocycles. The number of carbonyl (C=O) groups is 1. The Labute approximate surface area is 103 Å². The lowest BCUT2D eigenvalue weighted by atomic mass is 9.95. The number of aliphatic hydroxyl groups is 1. The molecule has 0 aliphatic heterocycles. The number of aromatic carboxylic acids is 1. The highest BCUT2D eigenvalue weighted by atomic mass is 16.4. The second-order valence-corrected chi connectivity index (χ2v) is 4.14. The highest BCUT2D eigenvalue weighted by Crippen LogP contribution is 2.24. The topological polar surface area (TPSA) is 125 Å². The van der Waals surface area contributed by atoms with Gasteiger partial charge in [-0.3, -0.25) is 0 Å². The zero-order valence-corrected chi connectivity index (χ0v) is 9.84. The van der Waals surface area contributed by atoms with E-state index in [0.29, 0.717) is 22.2 Å². The number of hydrogen-bond donors (Lipinski definition) is 4.